The first kappa shape index (κ1) is 23.0. The summed E-state index contributed by atoms with van der Waals surface area (Å²) in [6, 6.07) is 7.08. The summed E-state index contributed by atoms with van der Waals surface area (Å²) in [5.41, 5.74) is 2.46. The Balaban J connectivity index is 0.00000338. The summed E-state index contributed by atoms with van der Waals surface area (Å²) in [5, 5.41) is 3.52. The monoisotopic (exact) mass is 474 g/mol. The Morgan fingerprint density at radius 3 is 2.69 bits per heavy atom. The predicted octanol–water partition coefficient (Wildman–Crippen LogP) is 3.16. The van der Waals surface area contributed by atoms with Gasteiger partial charge in [-0.15, -0.1) is 24.0 Å². The average Bonchev–Trinajstić information content (AvgIpc) is 3.10. The first-order valence-corrected chi connectivity index (χ1v) is 9.46. The molecular formula is C20H35IN4O. The van der Waals surface area contributed by atoms with Gasteiger partial charge >= 0.3 is 0 Å². The van der Waals surface area contributed by atoms with Gasteiger partial charge in [0.25, 0.3) is 0 Å². The van der Waals surface area contributed by atoms with Gasteiger partial charge in [-0.05, 0) is 50.0 Å². The maximum Gasteiger partial charge on any atom is 0.193 e. The molecule has 1 fully saturated rings. The number of benzene rings is 1. The van der Waals surface area contributed by atoms with Crippen LogP contribution in [0.2, 0.25) is 0 Å². The Hall–Kier alpha value is -1.02. The van der Waals surface area contributed by atoms with Gasteiger partial charge < -0.3 is 15.0 Å². The quantitative estimate of drug-likeness (QED) is 0.375. The number of methoxy groups -OCH3 is 1. The van der Waals surface area contributed by atoms with Crippen LogP contribution in [0.1, 0.15) is 31.4 Å². The normalized spacial score (nSPS) is 17.4. The van der Waals surface area contributed by atoms with Crippen LogP contribution in [-0.4, -0.2) is 68.7 Å². The van der Waals surface area contributed by atoms with Crippen molar-refractivity contribution in [2.75, 3.05) is 46.9 Å². The fraction of sp³-hybridized carbons (Fsp3) is 0.650. The summed E-state index contributed by atoms with van der Waals surface area (Å²) < 4.78 is 5.41. The number of rotatable bonds is 7. The van der Waals surface area contributed by atoms with Gasteiger partial charge in [-0.25, -0.2) is 0 Å². The number of nitrogens with zero attached hydrogens (tertiary/aromatic N) is 3. The summed E-state index contributed by atoms with van der Waals surface area (Å²) in [6.45, 7) is 11.8. The van der Waals surface area contributed by atoms with Crippen LogP contribution in [0.4, 0.5) is 0 Å². The third kappa shape index (κ3) is 6.01. The predicted molar refractivity (Wildman–Crippen MR) is 121 cm³/mol. The van der Waals surface area contributed by atoms with Crippen LogP contribution in [0.15, 0.2) is 23.2 Å². The van der Waals surface area contributed by atoms with Crippen LogP contribution >= 0.6 is 24.0 Å². The van der Waals surface area contributed by atoms with Gasteiger partial charge in [0, 0.05) is 32.7 Å². The van der Waals surface area contributed by atoms with E-state index < -0.39 is 0 Å². The SMILES string of the molecule is CCN(CC)C1CCN(C(=NC)NCCc2ccc(C)c(OC)c2)C1.I. The average molecular weight is 474 g/mol. The summed E-state index contributed by atoms with van der Waals surface area (Å²) >= 11 is 0. The van der Waals surface area contributed by atoms with Gasteiger partial charge in [-0.2, -0.15) is 0 Å². The molecule has 0 bridgehead atoms. The summed E-state index contributed by atoms with van der Waals surface area (Å²) in [7, 11) is 3.61. The largest absolute Gasteiger partial charge is 0.496 e. The van der Waals surface area contributed by atoms with E-state index in [2.05, 4.69) is 59.1 Å². The van der Waals surface area contributed by atoms with Crippen LogP contribution < -0.4 is 10.1 Å². The molecule has 6 heteroatoms. The molecule has 0 radical (unpaired) electrons. The molecule has 1 aliphatic heterocycles. The van der Waals surface area contributed by atoms with Gasteiger partial charge in [0.05, 0.1) is 7.11 Å². The number of likely N-dealkylation sites (tertiary alicyclic amines) is 1. The second kappa shape index (κ2) is 11.6. The lowest BCUT2D eigenvalue weighted by Gasteiger charge is -2.27. The molecule has 0 aromatic heterocycles. The zero-order valence-corrected chi connectivity index (χ0v) is 19.2. The van der Waals surface area contributed by atoms with E-state index in [9.17, 15) is 0 Å². The first-order valence-electron chi connectivity index (χ1n) is 9.46. The maximum atomic E-state index is 5.41. The minimum Gasteiger partial charge on any atom is -0.496 e. The molecule has 26 heavy (non-hydrogen) atoms. The molecule has 0 amide bonds. The molecule has 2 rings (SSSR count). The third-order valence-electron chi connectivity index (χ3n) is 5.17. The lowest BCUT2D eigenvalue weighted by molar-refractivity contribution is 0.223. The summed E-state index contributed by atoms with van der Waals surface area (Å²) in [4.78, 5) is 9.42. The van der Waals surface area contributed by atoms with E-state index in [1.165, 1.54) is 17.5 Å². The Morgan fingerprint density at radius 2 is 2.08 bits per heavy atom. The molecule has 0 aliphatic carbocycles. The number of halogens is 1. The van der Waals surface area contributed by atoms with Crippen molar-refractivity contribution < 1.29 is 4.74 Å². The van der Waals surface area contributed by atoms with Crippen LogP contribution in [0.5, 0.6) is 5.75 Å². The third-order valence-corrected chi connectivity index (χ3v) is 5.17. The van der Waals surface area contributed by atoms with Crippen molar-refractivity contribution in [1.82, 2.24) is 15.1 Å². The van der Waals surface area contributed by atoms with Gasteiger partial charge in [0.2, 0.25) is 0 Å². The molecule has 1 atom stereocenters. The van der Waals surface area contributed by atoms with E-state index in [1.54, 1.807) is 7.11 Å². The van der Waals surface area contributed by atoms with Crippen molar-refractivity contribution in [1.29, 1.82) is 0 Å². The number of aliphatic imine (C=N–C) groups is 1. The number of guanidine groups is 1. The van der Waals surface area contributed by atoms with Gasteiger partial charge in [0.1, 0.15) is 5.75 Å². The molecule has 0 saturated carbocycles. The number of hydrogen-bond donors (Lipinski definition) is 1. The van der Waals surface area contributed by atoms with E-state index in [4.69, 9.17) is 4.74 Å². The Kier molecular flexibility index (Phi) is 10.3. The second-order valence-electron chi connectivity index (χ2n) is 6.64. The first-order chi connectivity index (χ1) is 12.1. The molecular weight excluding hydrogens is 439 g/mol. The van der Waals surface area contributed by atoms with E-state index in [-0.39, 0.29) is 24.0 Å². The summed E-state index contributed by atoms with van der Waals surface area (Å²) in [5.74, 6) is 1.98. The van der Waals surface area contributed by atoms with Crippen molar-refractivity contribution in [3.05, 3.63) is 29.3 Å². The second-order valence-corrected chi connectivity index (χ2v) is 6.64. The van der Waals surface area contributed by atoms with Crippen molar-refractivity contribution >= 4 is 29.9 Å². The highest BCUT2D eigenvalue weighted by molar-refractivity contribution is 14.0. The van der Waals surface area contributed by atoms with E-state index in [1.807, 2.05) is 7.05 Å². The van der Waals surface area contributed by atoms with Gasteiger partial charge in [-0.3, -0.25) is 9.89 Å². The fourth-order valence-electron chi connectivity index (χ4n) is 3.64. The number of ether oxygens (including phenoxy) is 1. The van der Waals surface area contributed by atoms with Crippen molar-refractivity contribution in [3.8, 4) is 5.75 Å². The Morgan fingerprint density at radius 1 is 1.35 bits per heavy atom. The lowest BCUT2D eigenvalue weighted by atomic mass is 10.1. The molecule has 1 aromatic carbocycles. The van der Waals surface area contributed by atoms with Crippen LogP contribution in [-0.2, 0) is 6.42 Å². The highest BCUT2D eigenvalue weighted by Gasteiger charge is 2.27. The molecule has 1 unspecified atom stereocenters. The highest BCUT2D eigenvalue weighted by Crippen LogP contribution is 2.19. The zero-order valence-electron chi connectivity index (χ0n) is 16.9. The smallest absolute Gasteiger partial charge is 0.193 e. The summed E-state index contributed by atoms with van der Waals surface area (Å²) in [6.07, 6.45) is 2.18. The minimum absolute atomic E-state index is 0. The van der Waals surface area contributed by atoms with Gasteiger partial charge in [0.15, 0.2) is 5.96 Å². The van der Waals surface area contributed by atoms with Crippen molar-refractivity contribution in [3.63, 3.8) is 0 Å². The molecule has 1 heterocycles. The molecule has 1 aliphatic rings. The van der Waals surface area contributed by atoms with Crippen molar-refractivity contribution in [2.24, 2.45) is 4.99 Å². The fourth-order valence-corrected chi connectivity index (χ4v) is 3.64. The minimum atomic E-state index is 0. The van der Waals surface area contributed by atoms with Gasteiger partial charge in [-0.1, -0.05) is 26.0 Å². The van der Waals surface area contributed by atoms with E-state index in [0.29, 0.717) is 6.04 Å². The zero-order chi connectivity index (χ0) is 18.2. The van der Waals surface area contributed by atoms with Crippen molar-refractivity contribution in [2.45, 2.75) is 39.7 Å². The number of nitrogens with one attached hydrogen (secondary N) is 1. The van der Waals surface area contributed by atoms with E-state index in [0.717, 1.165) is 50.9 Å². The molecule has 1 N–H and O–H groups in total. The number of hydrogen-bond acceptors (Lipinski definition) is 3. The maximum absolute atomic E-state index is 5.41. The highest BCUT2D eigenvalue weighted by atomic mass is 127. The number of likely N-dealkylation sites (N-methyl/N-ethyl adjacent to an activating group) is 1. The Bertz CT molecular complexity index is 575. The van der Waals surface area contributed by atoms with Crippen LogP contribution in [0.3, 0.4) is 0 Å². The molecule has 1 saturated heterocycles. The Labute approximate surface area is 176 Å². The topological polar surface area (TPSA) is 40.1 Å². The lowest BCUT2D eigenvalue weighted by Crippen LogP contribution is -2.43. The molecule has 148 valence electrons. The molecule has 1 aromatic rings. The molecule has 0 spiro atoms. The van der Waals surface area contributed by atoms with Crippen LogP contribution in [0.25, 0.3) is 0 Å². The standard InChI is InChI=1S/C20H34N4O.HI/c1-6-23(7-2)18-11-13-24(15-18)20(21-4)22-12-10-17-9-8-16(3)19(14-17)25-5;/h8-9,14,18H,6-7,10-13,15H2,1-5H3,(H,21,22);1H. The van der Waals surface area contributed by atoms with E-state index >= 15 is 0 Å². The van der Waals surface area contributed by atoms with Crippen LogP contribution in [0, 0.1) is 6.92 Å². The molecule has 5 nitrogen and oxygen atoms in total. The number of aryl methyl sites for hydroxylation is 1.